The highest BCUT2D eigenvalue weighted by Crippen LogP contribution is 2.25. The van der Waals surface area contributed by atoms with Crippen LogP contribution in [0.3, 0.4) is 0 Å². The Morgan fingerprint density at radius 1 is 1.13 bits per heavy atom. The first kappa shape index (κ1) is 15.4. The molecule has 0 saturated heterocycles. The van der Waals surface area contributed by atoms with Crippen molar-refractivity contribution in [3.8, 4) is 0 Å². The van der Waals surface area contributed by atoms with E-state index in [0.717, 1.165) is 0 Å². The van der Waals surface area contributed by atoms with Crippen LogP contribution in [-0.4, -0.2) is 23.5 Å². The summed E-state index contributed by atoms with van der Waals surface area (Å²) in [5, 5.41) is 4.21. The van der Waals surface area contributed by atoms with Crippen molar-refractivity contribution in [3.05, 3.63) is 42.4 Å². The van der Waals surface area contributed by atoms with Gasteiger partial charge in [-0.05, 0) is 29.4 Å². The van der Waals surface area contributed by atoms with E-state index in [9.17, 15) is 8.42 Å². The van der Waals surface area contributed by atoms with E-state index in [2.05, 4.69) is 19.8 Å². The van der Waals surface area contributed by atoms with Gasteiger partial charge in [-0.3, -0.25) is 4.98 Å². The van der Waals surface area contributed by atoms with Gasteiger partial charge >= 0.3 is 0 Å². The zero-order valence-electron chi connectivity index (χ0n) is 12.9. The lowest BCUT2D eigenvalue weighted by molar-refractivity contribution is 0.321. The first-order chi connectivity index (χ1) is 10.8. The minimum absolute atomic E-state index is 0.0872. The fraction of sp³-hybridized carbons (Fsp3) is 0.267. The van der Waals surface area contributed by atoms with Crippen molar-refractivity contribution in [2.75, 3.05) is 4.72 Å². The van der Waals surface area contributed by atoms with Crippen molar-refractivity contribution in [1.29, 1.82) is 0 Å². The van der Waals surface area contributed by atoms with Crippen molar-refractivity contribution >= 4 is 26.9 Å². The molecule has 3 aromatic rings. The summed E-state index contributed by atoms with van der Waals surface area (Å²) in [6.45, 7) is 5.69. The predicted octanol–water partition coefficient (Wildman–Crippen LogP) is 2.72. The molecule has 7 nitrogen and oxygen atoms in total. The van der Waals surface area contributed by atoms with Gasteiger partial charge in [0.25, 0.3) is 16.0 Å². The monoisotopic (exact) mass is 332 g/mol. The van der Waals surface area contributed by atoms with Crippen LogP contribution in [-0.2, 0) is 15.4 Å². The van der Waals surface area contributed by atoms with E-state index in [1.54, 1.807) is 30.5 Å². The molecule has 0 bridgehead atoms. The smallest absolute Gasteiger partial charge is 0.277 e. The van der Waals surface area contributed by atoms with Gasteiger partial charge in [-0.15, -0.1) is 0 Å². The van der Waals surface area contributed by atoms with Crippen molar-refractivity contribution in [2.45, 2.75) is 31.1 Å². The van der Waals surface area contributed by atoms with E-state index in [1.807, 2.05) is 20.8 Å². The normalized spacial score (nSPS) is 12.5. The molecule has 1 aromatic carbocycles. The molecule has 0 amide bonds. The van der Waals surface area contributed by atoms with Gasteiger partial charge in [-0.25, -0.2) is 13.1 Å². The molecule has 0 radical (unpaired) electrons. The third-order valence-corrected chi connectivity index (χ3v) is 4.57. The molecule has 3 rings (SSSR count). The Balaban J connectivity index is 2.00. The molecule has 0 aliphatic rings. The van der Waals surface area contributed by atoms with Crippen LogP contribution in [0.4, 0.5) is 5.95 Å². The van der Waals surface area contributed by atoms with E-state index in [0.29, 0.717) is 16.8 Å². The molecule has 0 aliphatic heterocycles. The third-order valence-electron chi connectivity index (χ3n) is 3.19. The van der Waals surface area contributed by atoms with E-state index < -0.39 is 10.0 Å². The molecular formula is C15H16N4O3S. The number of benzene rings is 1. The zero-order valence-corrected chi connectivity index (χ0v) is 13.8. The second-order valence-corrected chi connectivity index (χ2v) is 7.76. The summed E-state index contributed by atoms with van der Waals surface area (Å²) in [5.41, 5.74) is 0.235. The van der Waals surface area contributed by atoms with E-state index >= 15 is 0 Å². The molecule has 23 heavy (non-hydrogen) atoms. The molecule has 120 valence electrons. The van der Waals surface area contributed by atoms with Gasteiger partial charge < -0.3 is 4.52 Å². The van der Waals surface area contributed by atoms with Crippen LogP contribution in [0, 0.1) is 0 Å². The topological polar surface area (TPSA) is 98.0 Å². The van der Waals surface area contributed by atoms with E-state index in [4.69, 9.17) is 4.52 Å². The highest BCUT2D eigenvalue weighted by atomic mass is 32.2. The number of hydrogen-bond donors (Lipinski definition) is 1. The first-order valence-electron chi connectivity index (χ1n) is 6.98. The van der Waals surface area contributed by atoms with Crippen molar-refractivity contribution < 1.29 is 12.9 Å². The number of aromatic nitrogens is 3. The molecule has 8 heteroatoms. The number of nitrogens with one attached hydrogen (secondary N) is 1. The average Bonchev–Trinajstić information content (AvgIpc) is 2.94. The van der Waals surface area contributed by atoms with Gasteiger partial charge in [0.1, 0.15) is 0 Å². The Morgan fingerprint density at radius 2 is 1.91 bits per heavy atom. The average molecular weight is 332 g/mol. The summed E-state index contributed by atoms with van der Waals surface area (Å²) in [7, 11) is -3.85. The standard InChI is InChI=1S/C15H16N4O3S/c1-15(2,3)13-17-14(18-22-13)19-23(20,21)12-8-4-7-11-10(12)6-5-9-16-11/h4-9H,1-3H3,(H,18,19). The lowest BCUT2D eigenvalue weighted by atomic mass is 9.97. The van der Waals surface area contributed by atoms with Gasteiger partial charge in [0, 0.05) is 17.0 Å². The van der Waals surface area contributed by atoms with Crippen LogP contribution in [0.15, 0.2) is 45.9 Å². The van der Waals surface area contributed by atoms with Crippen LogP contribution >= 0.6 is 0 Å². The number of fused-ring (bicyclic) bond motifs is 1. The fourth-order valence-electron chi connectivity index (χ4n) is 2.05. The lowest BCUT2D eigenvalue weighted by Crippen LogP contribution is -2.15. The van der Waals surface area contributed by atoms with Gasteiger partial charge in [-0.2, -0.15) is 4.98 Å². The SMILES string of the molecule is CC(C)(C)c1nc(NS(=O)(=O)c2cccc3ncccc23)no1. The Hall–Kier alpha value is -2.48. The predicted molar refractivity (Wildman–Crippen MR) is 85.5 cm³/mol. The van der Waals surface area contributed by atoms with Crippen molar-refractivity contribution in [1.82, 2.24) is 15.1 Å². The highest BCUT2D eigenvalue weighted by molar-refractivity contribution is 7.93. The maximum Gasteiger partial charge on any atom is 0.277 e. The molecule has 0 aliphatic carbocycles. The molecule has 0 atom stereocenters. The van der Waals surface area contributed by atoms with Gasteiger partial charge in [0.05, 0.1) is 10.4 Å². The Bertz CT molecular complexity index is 953. The number of anilines is 1. The third kappa shape index (κ3) is 3.02. The molecule has 0 unspecified atom stereocenters. The molecule has 0 fully saturated rings. The zero-order chi connectivity index (χ0) is 16.7. The number of nitrogens with zero attached hydrogens (tertiary/aromatic N) is 3. The summed E-state index contributed by atoms with van der Waals surface area (Å²) in [5.74, 6) is 0.269. The van der Waals surface area contributed by atoms with E-state index in [-0.39, 0.29) is 16.3 Å². The van der Waals surface area contributed by atoms with Gasteiger partial charge in [-0.1, -0.05) is 26.8 Å². The minimum atomic E-state index is -3.85. The quantitative estimate of drug-likeness (QED) is 0.792. The van der Waals surface area contributed by atoms with Crippen molar-refractivity contribution in [3.63, 3.8) is 0 Å². The van der Waals surface area contributed by atoms with Crippen molar-refractivity contribution in [2.24, 2.45) is 0 Å². The van der Waals surface area contributed by atoms with E-state index in [1.165, 1.54) is 6.07 Å². The van der Waals surface area contributed by atoms with Crippen LogP contribution in [0.5, 0.6) is 0 Å². The van der Waals surface area contributed by atoms with Crippen LogP contribution in [0.25, 0.3) is 10.9 Å². The maximum atomic E-state index is 12.6. The van der Waals surface area contributed by atoms with Gasteiger partial charge in [0.2, 0.25) is 5.89 Å². The summed E-state index contributed by atoms with van der Waals surface area (Å²) in [4.78, 5) is 8.36. The second-order valence-electron chi connectivity index (χ2n) is 6.10. The highest BCUT2D eigenvalue weighted by Gasteiger charge is 2.25. The molecule has 2 heterocycles. The molecular weight excluding hydrogens is 316 g/mol. The number of sulfonamides is 1. The first-order valence-corrected chi connectivity index (χ1v) is 8.46. The van der Waals surface area contributed by atoms with Crippen LogP contribution < -0.4 is 4.72 Å². The molecule has 0 saturated carbocycles. The molecule has 2 aromatic heterocycles. The van der Waals surface area contributed by atoms with Crippen LogP contribution in [0.2, 0.25) is 0 Å². The second kappa shape index (κ2) is 5.31. The summed E-state index contributed by atoms with van der Waals surface area (Å²) in [6.07, 6.45) is 1.61. The minimum Gasteiger partial charge on any atom is -0.337 e. The Labute approximate surface area is 133 Å². The number of pyridine rings is 1. The molecule has 1 N–H and O–H groups in total. The molecule has 0 spiro atoms. The number of hydrogen-bond acceptors (Lipinski definition) is 6. The van der Waals surface area contributed by atoms with Gasteiger partial charge in [0.15, 0.2) is 0 Å². The summed E-state index contributed by atoms with van der Waals surface area (Å²) < 4.78 is 32.7. The Morgan fingerprint density at radius 3 is 2.61 bits per heavy atom. The van der Waals surface area contributed by atoms with Crippen LogP contribution in [0.1, 0.15) is 26.7 Å². The largest absolute Gasteiger partial charge is 0.337 e. The maximum absolute atomic E-state index is 12.6. The fourth-order valence-corrected chi connectivity index (χ4v) is 3.21. The summed E-state index contributed by atoms with van der Waals surface area (Å²) in [6, 6.07) is 8.29. The number of rotatable bonds is 3. The summed E-state index contributed by atoms with van der Waals surface area (Å²) >= 11 is 0. The lowest BCUT2D eigenvalue weighted by Gasteiger charge is -2.10. The Kier molecular flexibility index (Phi) is 3.56.